The van der Waals surface area contributed by atoms with Crippen LogP contribution in [0, 0.1) is 30.7 Å². The van der Waals surface area contributed by atoms with Gasteiger partial charge in [0.05, 0.1) is 14.2 Å². The Balaban J connectivity index is 0.00000683. The predicted octanol–water partition coefficient (Wildman–Crippen LogP) is 4.61. The molecule has 2 atom stereocenters. The number of hydrogen-bond acceptors (Lipinski definition) is 14. The van der Waals surface area contributed by atoms with Crippen molar-refractivity contribution < 1.29 is 62.7 Å². The summed E-state index contributed by atoms with van der Waals surface area (Å²) >= 11 is 0. The van der Waals surface area contributed by atoms with E-state index >= 15 is 8.78 Å². The number of sulfone groups is 2. The lowest BCUT2D eigenvalue weighted by Crippen LogP contribution is -2.52. The summed E-state index contributed by atoms with van der Waals surface area (Å²) in [6, 6.07) is 8.98. The molecular formula is C37H39BF4N4O12S2. The molecule has 60 heavy (non-hydrogen) atoms. The topological polar surface area (TPSA) is 192 Å². The second-order valence-electron chi connectivity index (χ2n) is 14.1. The van der Waals surface area contributed by atoms with Crippen molar-refractivity contribution in [2.75, 3.05) is 26.7 Å². The molecule has 4 heterocycles. The Hall–Kier alpha value is -5.97. The normalized spacial score (nSPS) is 16.5. The Bertz CT molecular complexity index is 2580. The number of aryl methyl sites for hydroxylation is 2. The van der Waals surface area contributed by atoms with Crippen LogP contribution in [0.25, 0.3) is 22.3 Å². The second-order valence-corrected chi connectivity index (χ2v) is 19.0. The average molecular weight is 883 g/mol. The minimum atomic E-state index is -4.22. The van der Waals surface area contributed by atoms with E-state index in [1.54, 1.807) is 0 Å². The van der Waals surface area contributed by atoms with Gasteiger partial charge in [0.15, 0.2) is 19.7 Å². The Morgan fingerprint density at radius 1 is 0.633 bits per heavy atom. The van der Waals surface area contributed by atoms with Crippen LogP contribution in [0.5, 0.6) is 11.5 Å². The van der Waals surface area contributed by atoms with Crippen LogP contribution in [0.4, 0.5) is 17.6 Å². The van der Waals surface area contributed by atoms with Crippen molar-refractivity contribution in [1.29, 1.82) is 0 Å². The molecule has 2 aliphatic heterocycles. The third-order valence-electron chi connectivity index (χ3n) is 10.3. The highest BCUT2D eigenvalue weighted by Crippen LogP contribution is 2.37. The Morgan fingerprint density at radius 3 is 1.32 bits per heavy atom. The maximum Gasteiger partial charge on any atom is 0.819 e. The summed E-state index contributed by atoms with van der Waals surface area (Å²) < 4.78 is 142. The summed E-state index contributed by atoms with van der Waals surface area (Å²) in [7, 11) is -5.80. The summed E-state index contributed by atoms with van der Waals surface area (Å²) in [5, 5.41) is 7.44. The van der Waals surface area contributed by atoms with Crippen molar-refractivity contribution >= 4 is 38.4 Å². The fourth-order valence-electron chi connectivity index (χ4n) is 6.22. The number of halogens is 4. The SMILES string of the molecule is COc1ccc(-c2cc(=O)n(CC[C@](C)(C3=NO[B-]4(ON=C([C@@](C)(CCn5cc(F)c(-c6ccc(OC)cc6F)cc5=O)S(C)(=O)=O)O4)O3)S(C)(=O)=O)cc2F)c(F)c1.[CH3+]. The molecule has 0 N–H and O–H groups in total. The van der Waals surface area contributed by atoms with Crippen LogP contribution in [-0.2, 0) is 51.6 Å². The first-order valence-corrected chi connectivity index (χ1v) is 21.2. The van der Waals surface area contributed by atoms with Crippen LogP contribution in [0.1, 0.15) is 26.7 Å². The van der Waals surface area contributed by atoms with Gasteiger partial charge in [-0.15, -0.1) is 0 Å². The van der Waals surface area contributed by atoms with Crippen molar-refractivity contribution in [3.8, 4) is 33.8 Å². The van der Waals surface area contributed by atoms with Crippen molar-refractivity contribution in [3.63, 3.8) is 0 Å². The zero-order valence-corrected chi connectivity index (χ0v) is 34.8. The monoisotopic (exact) mass is 882 g/mol. The van der Waals surface area contributed by atoms with Crippen molar-refractivity contribution in [1.82, 2.24) is 9.13 Å². The Kier molecular flexibility index (Phi) is 12.2. The lowest BCUT2D eigenvalue weighted by molar-refractivity contribution is 0.0889. The molecule has 0 bridgehead atoms. The van der Waals surface area contributed by atoms with E-state index in [2.05, 4.69) is 10.3 Å². The average Bonchev–Trinajstić information content (AvgIpc) is 3.80. The third-order valence-corrected chi connectivity index (χ3v) is 14.4. The summed E-state index contributed by atoms with van der Waals surface area (Å²) in [5.41, 5.74) is -2.71. The molecule has 6 rings (SSSR count). The lowest BCUT2D eigenvalue weighted by atomic mass is 10.0. The number of rotatable bonds is 14. The second kappa shape index (κ2) is 16.2. The van der Waals surface area contributed by atoms with E-state index in [0.717, 1.165) is 58.3 Å². The summed E-state index contributed by atoms with van der Waals surface area (Å²) in [5.74, 6) is -4.61. The third kappa shape index (κ3) is 8.27. The molecule has 0 unspecified atom stereocenters. The molecule has 2 aliphatic rings. The van der Waals surface area contributed by atoms with Gasteiger partial charge in [0, 0.05) is 91.9 Å². The molecule has 4 aromatic rings. The van der Waals surface area contributed by atoms with Crippen molar-refractivity contribution in [3.05, 3.63) is 112 Å². The molecule has 23 heteroatoms. The van der Waals surface area contributed by atoms with Crippen LogP contribution < -0.4 is 20.6 Å². The van der Waals surface area contributed by atoms with Crippen LogP contribution >= 0.6 is 0 Å². The van der Waals surface area contributed by atoms with Gasteiger partial charge < -0.3 is 37.4 Å². The molecule has 0 radical (unpaired) electrons. The number of pyridine rings is 2. The number of hydrogen-bond donors (Lipinski definition) is 0. The lowest BCUT2D eigenvalue weighted by Gasteiger charge is -2.33. The molecular weight excluding hydrogens is 843 g/mol. The first kappa shape index (κ1) is 45.1. The van der Waals surface area contributed by atoms with E-state index in [4.69, 9.17) is 28.3 Å². The molecule has 0 saturated carbocycles. The van der Waals surface area contributed by atoms with Gasteiger partial charge in [-0.3, -0.25) is 9.59 Å². The molecule has 2 aromatic carbocycles. The molecule has 0 aliphatic carbocycles. The number of benzene rings is 2. The van der Waals surface area contributed by atoms with Crippen LogP contribution in [0.2, 0.25) is 0 Å². The van der Waals surface area contributed by atoms with E-state index in [0.29, 0.717) is 0 Å². The van der Waals surface area contributed by atoms with E-state index in [1.165, 1.54) is 52.3 Å². The fraction of sp³-hybridized carbons (Fsp3) is 0.324. The van der Waals surface area contributed by atoms with Gasteiger partial charge in [-0.2, -0.15) is 0 Å². The van der Waals surface area contributed by atoms with Crippen LogP contribution in [0.3, 0.4) is 0 Å². The first-order valence-electron chi connectivity index (χ1n) is 17.5. The van der Waals surface area contributed by atoms with Gasteiger partial charge in [0.2, 0.25) is 11.8 Å². The number of ether oxygens (including phenoxy) is 2. The summed E-state index contributed by atoms with van der Waals surface area (Å²) in [4.78, 5) is 26.1. The van der Waals surface area contributed by atoms with Gasteiger partial charge in [0.1, 0.15) is 44.3 Å². The minimum Gasteiger partial charge on any atom is -0.595 e. The van der Waals surface area contributed by atoms with Gasteiger partial charge in [-0.25, -0.2) is 34.4 Å². The molecule has 322 valence electrons. The highest BCUT2D eigenvalue weighted by Gasteiger charge is 2.60. The van der Waals surface area contributed by atoms with E-state index in [1.807, 2.05) is 0 Å². The highest BCUT2D eigenvalue weighted by molar-refractivity contribution is 7.93. The van der Waals surface area contributed by atoms with Crippen molar-refractivity contribution in [2.45, 2.75) is 49.3 Å². The van der Waals surface area contributed by atoms with Crippen molar-refractivity contribution in [2.24, 2.45) is 10.3 Å². The Labute approximate surface area is 341 Å². The minimum absolute atomic E-state index is 0. The standard InChI is InChI=1S/C36H36BF4N4O12S2.CH3/c1-35(58(5,48)49,11-13-44-19-29(40)25(17-31(44)46)23-9-7-21(52-3)15-27(23)38)33-42-56-37(54-33)55-34(43-57-37)36(2,59(6,50)51)12-14-45-20-30(41)26(18-32(45)47)24-10-8-22(53-4)16-28(24)39;/h7-10,15-20H,11-14H2,1-6H3;1H3/q-1;+1/t35-,36-,37?;/m1./s1. The summed E-state index contributed by atoms with van der Waals surface area (Å²) in [6.07, 6.45) is 2.30. The van der Waals surface area contributed by atoms with Gasteiger partial charge in [-0.1, -0.05) is 10.3 Å². The molecule has 16 nitrogen and oxygen atoms in total. The molecule has 2 aromatic heterocycles. The fourth-order valence-corrected chi connectivity index (χ4v) is 7.95. The zero-order valence-electron chi connectivity index (χ0n) is 33.2. The van der Waals surface area contributed by atoms with Crippen LogP contribution in [-0.4, -0.2) is 80.9 Å². The number of nitrogens with zero attached hydrogens (tertiary/aromatic N) is 4. The van der Waals surface area contributed by atoms with E-state index < -0.39 is 108 Å². The highest BCUT2D eigenvalue weighted by atomic mass is 32.2. The maximum absolute atomic E-state index is 15.3. The molecule has 0 amide bonds. The van der Waals surface area contributed by atoms with Gasteiger partial charge in [0.25, 0.3) is 11.1 Å². The number of methoxy groups -OCH3 is 2. The van der Waals surface area contributed by atoms with Crippen LogP contribution in [0.15, 0.2) is 80.8 Å². The quantitative estimate of drug-likeness (QED) is 0.0972. The van der Waals surface area contributed by atoms with E-state index in [-0.39, 0.29) is 41.2 Å². The largest absolute Gasteiger partial charge is 0.819 e. The maximum atomic E-state index is 15.3. The predicted molar refractivity (Wildman–Crippen MR) is 212 cm³/mol. The van der Waals surface area contributed by atoms with E-state index in [9.17, 15) is 35.2 Å². The first-order chi connectivity index (χ1) is 27.5. The van der Waals surface area contributed by atoms with Gasteiger partial charge >= 0.3 is 6.96 Å². The molecule has 0 fully saturated rings. The molecule has 1 spiro atoms. The zero-order chi connectivity index (χ0) is 43.3. The Morgan fingerprint density at radius 2 is 1.00 bits per heavy atom. The summed E-state index contributed by atoms with van der Waals surface area (Å²) in [6.45, 7) is -2.12. The number of oxime groups is 2. The molecule has 0 saturated heterocycles. The number of aromatic nitrogens is 2. The smallest absolute Gasteiger partial charge is 0.595 e. The van der Waals surface area contributed by atoms with Gasteiger partial charge in [-0.05, 0) is 51.0 Å².